The standard InChI is InChI=1S/C19H16ClF3N2O2/c1-11-15(20)3-2-4-16(11)24-18(27)12-9-17(26)25(10-12)14-7-5-13(6-8-14)19(21,22)23/h2-8,12H,9-10H2,1H3,(H,24,27). The van der Waals surface area contributed by atoms with E-state index in [1.807, 2.05) is 0 Å². The van der Waals surface area contributed by atoms with Gasteiger partial charge in [0.05, 0.1) is 11.5 Å². The summed E-state index contributed by atoms with van der Waals surface area (Å²) in [5.74, 6) is -1.24. The van der Waals surface area contributed by atoms with Crippen molar-refractivity contribution in [3.63, 3.8) is 0 Å². The SMILES string of the molecule is Cc1c(Cl)cccc1NC(=O)C1CC(=O)N(c2ccc(C(F)(F)F)cc2)C1. The van der Waals surface area contributed by atoms with Gasteiger partial charge < -0.3 is 10.2 Å². The minimum atomic E-state index is -4.44. The molecule has 27 heavy (non-hydrogen) atoms. The van der Waals surface area contributed by atoms with Crippen LogP contribution in [0.5, 0.6) is 0 Å². The lowest BCUT2D eigenvalue weighted by Crippen LogP contribution is -2.28. The molecule has 1 saturated heterocycles. The zero-order chi connectivity index (χ0) is 19.8. The summed E-state index contributed by atoms with van der Waals surface area (Å²) >= 11 is 6.03. The molecule has 1 aliphatic rings. The molecular formula is C19H16ClF3N2O2. The minimum absolute atomic E-state index is 0.00747. The molecule has 0 bridgehead atoms. The number of halogens is 4. The Balaban J connectivity index is 1.71. The van der Waals surface area contributed by atoms with Crippen molar-refractivity contribution in [3.05, 3.63) is 58.6 Å². The number of anilines is 2. The third-order valence-corrected chi connectivity index (χ3v) is 4.94. The fourth-order valence-corrected chi connectivity index (χ4v) is 3.12. The number of carbonyl (C=O) groups excluding carboxylic acids is 2. The number of amides is 2. The number of nitrogens with zero attached hydrogens (tertiary/aromatic N) is 1. The Morgan fingerprint density at radius 1 is 1.19 bits per heavy atom. The molecule has 1 heterocycles. The Kier molecular flexibility index (Phi) is 5.15. The summed E-state index contributed by atoms with van der Waals surface area (Å²) in [5.41, 5.74) is 0.829. The second-order valence-corrected chi connectivity index (χ2v) is 6.76. The van der Waals surface area contributed by atoms with E-state index in [-0.39, 0.29) is 24.8 Å². The fraction of sp³-hybridized carbons (Fsp3) is 0.263. The highest BCUT2D eigenvalue weighted by Gasteiger charge is 2.36. The molecule has 0 saturated carbocycles. The summed E-state index contributed by atoms with van der Waals surface area (Å²) in [4.78, 5) is 26.1. The predicted octanol–water partition coefficient (Wildman–Crippen LogP) is 4.66. The zero-order valence-corrected chi connectivity index (χ0v) is 15.1. The van der Waals surface area contributed by atoms with Gasteiger partial charge in [0.25, 0.3) is 0 Å². The summed E-state index contributed by atoms with van der Waals surface area (Å²) in [6.07, 6.45) is -4.45. The van der Waals surface area contributed by atoms with Gasteiger partial charge in [-0.15, -0.1) is 0 Å². The second kappa shape index (κ2) is 7.23. The van der Waals surface area contributed by atoms with E-state index in [1.165, 1.54) is 17.0 Å². The summed E-state index contributed by atoms with van der Waals surface area (Å²) in [7, 11) is 0. The van der Waals surface area contributed by atoms with Crippen LogP contribution < -0.4 is 10.2 Å². The minimum Gasteiger partial charge on any atom is -0.325 e. The van der Waals surface area contributed by atoms with Gasteiger partial charge in [-0.05, 0) is 48.9 Å². The van der Waals surface area contributed by atoms with E-state index in [4.69, 9.17) is 11.6 Å². The van der Waals surface area contributed by atoms with Crippen molar-refractivity contribution in [2.24, 2.45) is 5.92 Å². The molecule has 0 radical (unpaired) electrons. The number of carbonyl (C=O) groups is 2. The maximum atomic E-state index is 12.7. The third kappa shape index (κ3) is 4.08. The summed E-state index contributed by atoms with van der Waals surface area (Å²) in [6.45, 7) is 1.88. The summed E-state index contributed by atoms with van der Waals surface area (Å²) in [6, 6.07) is 9.45. The van der Waals surface area contributed by atoms with Crippen molar-refractivity contribution in [1.29, 1.82) is 0 Å². The molecule has 0 spiro atoms. The van der Waals surface area contributed by atoms with E-state index < -0.39 is 17.7 Å². The molecule has 1 unspecified atom stereocenters. The lowest BCUT2D eigenvalue weighted by atomic mass is 10.1. The van der Waals surface area contributed by atoms with Gasteiger partial charge in [0.15, 0.2) is 0 Å². The van der Waals surface area contributed by atoms with E-state index in [0.717, 1.165) is 17.7 Å². The van der Waals surface area contributed by atoms with Crippen LogP contribution in [0.2, 0.25) is 5.02 Å². The lowest BCUT2D eigenvalue weighted by Gasteiger charge is -2.18. The lowest BCUT2D eigenvalue weighted by molar-refractivity contribution is -0.137. The van der Waals surface area contributed by atoms with Crippen LogP contribution in [-0.4, -0.2) is 18.4 Å². The molecule has 3 rings (SSSR count). The van der Waals surface area contributed by atoms with Gasteiger partial charge in [-0.3, -0.25) is 9.59 Å². The number of rotatable bonds is 3. The smallest absolute Gasteiger partial charge is 0.325 e. The molecule has 142 valence electrons. The van der Waals surface area contributed by atoms with Gasteiger partial charge in [-0.1, -0.05) is 17.7 Å². The highest BCUT2D eigenvalue weighted by molar-refractivity contribution is 6.31. The molecule has 0 aromatic heterocycles. The van der Waals surface area contributed by atoms with Gasteiger partial charge in [0.1, 0.15) is 0 Å². The molecule has 1 aliphatic heterocycles. The van der Waals surface area contributed by atoms with Crippen molar-refractivity contribution in [2.45, 2.75) is 19.5 Å². The van der Waals surface area contributed by atoms with Crippen LogP contribution in [0.3, 0.4) is 0 Å². The van der Waals surface area contributed by atoms with Crippen molar-refractivity contribution < 1.29 is 22.8 Å². The van der Waals surface area contributed by atoms with Crippen LogP contribution in [-0.2, 0) is 15.8 Å². The zero-order valence-electron chi connectivity index (χ0n) is 14.3. The van der Waals surface area contributed by atoms with Crippen LogP contribution in [0.15, 0.2) is 42.5 Å². The number of hydrogen-bond acceptors (Lipinski definition) is 2. The van der Waals surface area contributed by atoms with Crippen LogP contribution in [0.25, 0.3) is 0 Å². The van der Waals surface area contributed by atoms with Crippen molar-refractivity contribution in [1.82, 2.24) is 0 Å². The number of alkyl halides is 3. The third-order valence-electron chi connectivity index (χ3n) is 4.53. The summed E-state index contributed by atoms with van der Waals surface area (Å²) in [5, 5.41) is 3.28. The van der Waals surface area contributed by atoms with Crippen LogP contribution in [0.4, 0.5) is 24.5 Å². The second-order valence-electron chi connectivity index (χ2n) is 6.35. The van der Waals surface area contributed by atoms with Crippen molar-refractivity contribution in [2.75, 3.05) is 16.8 Å². The molecule has 1 N–H and O–H groups in total. The van der Waals surface area contributed by atoms with Crippen molar-refractivity contribution >= 4 is 34.8 Å². The maximum absolute atomic E-state index is 12.7. The quantitative estimate of drug-likeness (QED) is 0.820. The predicted molar refractivity (Wildman–Crippen MR) is 96.7 cm³/mol. The van der Waals surface area contributed by atoms with Crippen molar-refractivity contribution in [3.8, 4) is 0 Å². The molecule has 2 aromatic rings. The average molecular weight is 397 g/mol. The molecule has 8 heteroatoms. The van der Waals surface area contributed by atoms with Gasteiger partial charge in [-0.25, -0.2) is 0 Å². The molecular weight excluding hydrogens is 381 g/mol. The average Bonchev–Trinajstić information content (AvgIpc) is 3.00. The van der Waals surface area contributed by atoms with Gasteiger partial charge in [0.2, 0.25) is 11.8 Å². The number of benzene rings is 2. The summed E-state index contributed by atoms with van der Waals surface area (Å²) < 4.78 is 38.0. The first kappa shape index (κ1) is 19.2. The van der Waals surface area contributed by atoms with E-state index >= 15 is 0 Å². The Morgan fingerprint density at radius 2 is 1.85 bits per heavy atom. The highest BCUT2D eigenvalue weighted by Crippen LogP contribution is 2.32. The Bertz CT molecular complexity index is 882. The monoisotopic (exact) mass is 396 g/mol. The van der Waals surface area contributed by atoms with E-state index in [0.29, 0.717) is 16.4 Å². The van der Waals surface area contributed by atoms with Gasteiger partial charge in [0, 0.05) is 29.4 Å². The molecule has 1 fully saturated rings. The fourth-order valence-electron chi connectivity index (χ4n) is 2.94. The van der Waals surface area contributed by atoms with E-state index in [1.54, 1.807) is 25.1 Å². The first-order chi connectivity index (χ1) is 12.7. The first-order valence-electron chi connectivity index (χ1n) is 8.20. The Morgan fingerprint density at radius 3 is 2.48 bits per heavy atom. The molecule has 2 aromatic carbocycles. The molecule has 1 atom stereocenters. The highest BCUT2D eigenvalue weighted by atomic mass is 35.5. The Labute approximate surface area is 158 Å². The molecule has 0 aliphatic carbocycles. The molecule has 2 amide bonds. The first-order valence-corrected chi connectivity index (χ1v) is 8.58. The van der Waals surface area contributed by atoms with E-state index in [2.05, 4.69) is 5.32 Å². The number of nitrogens with one attached hydrogen (secondary N) is 1. The van der Waals surface area contributed by atoms with E-state index in [9.17, 15) is 22.8 Å². The largest absolute Gasteiger partial charge is 0.416 e. The Hall–Kier alpha value is -2.54. The van der Waals surface area contributed by atoms with Gasteiger partial charge in [-0.2, -0.15) is 13.2 Å². The van der Waals surface area contributed by atoms with Crippen LogP contribution in [0.1, 0.15) is 17.5 Å². The molecule has 4 nitrogen and oxygen atoms in total. The van der Waals surface area contributed by atoms with Gasteiger partial charge >= 0.3 is 6.18 Å². The number of hydrogen-bond donors (Lipinski definition) is 1. The topological polar surface area (TPSA) is 49.4 Å². The van der Waals surface area contributed by atoms with Crippen LogP contribution >= 0.6 is 11.6 Å². The maximum Gasteiger partial charge on any atom is 0.416 e. The van der Waals surface area contributed by atoms with Crippen LogP contribution in [0, 0.1) is 12.8 Å². The normalized spacial score (nSPS) is 17.3.